The van der Waals surface area contributed by atoms with Crippen LogP contribution in [0.15, 0.2) is 152 Å². The molecule has 0 amide bonds. The van der Waals surface area contributed by atoms with Crippen molar-refractivity contribution in [3.63, 3.8) is 0 Å². The van der Waals surface area contributed by atoms with Gasteiger partial charge in [-0.25, -0.2) is 0 Å². The highest BCUT2D eigenvalue weighted by atomic mass is 32.1. The maximum absolute atomic E-state index is 2.55. The molecule has 1 nitrogen and oxygen atoms in total. The van der Waals surface area contributed by atoms with Gasteiger partial charge in [-0.1, -0.05) is 137 Å². The Morgan fingerprint density at radius 3 is 1.84 bits per heavy atom. The van der Waals surface area contributed by atoms with Crippen LogP contribution in [0.4, 0.5) is 17.1 Å². The Kier molecular flexibility index (Phi) is 6.21. The van der Waals surface area contributed by atoms with Gasteiger partial charge in [0.25, 0.3) is 0 Å². The third-order valence-corrected chi connectivity index (χ3v) is 12.6. The molecule has 0 bridgehead atoms. The largest absolute Gasteiger partial charge is 0.310 e. The second-order valence-corrected chi connectivity index (χ2v) is 16.0. The number of nitrogens with zero attached hydrogens (tertiary/aromatic N) is 1. The Balaban J connectivity index is 1.25. The van der Waals surface area contributed by atoms with Gasteiger partial charge in [0.15, 0.2) is 0 Å². The summed E-state index contributed by atoms with van der Waals surface area (Å²) in [6.07, 6.45) is 0. The fourth-order valence-electron chi connectivity index (χ4n) is 9.07. The van der Waals surface area contributed by atoms with Crippen molar-refractivity contribution in [1.29, 1.82) is 0 Å². The van der Waals surface area contributed by atoms with Crippen LogP contribution >= 0.6 is 11.3 Å². The maximum Gasteiger partial charge on any atom is 0.0540 e. The zero-order chi connectivity index (χ0) is 33.8. The molecule has 7 aromatic carbocycles. The Morgan fingerprint density at radius 2 is 1.02 bits per heavy atom. The monoisotopic (exact) mass is 659 g/mol. The Labute approximate surface area is 298 Å². The normalized spacial score (nSPS) is 14.7. The van der Waals surface area contributed by atoms with Crippen LogP contribution in [-0.4, -0.2) is 0 Å². The first-order chi connectivity index (χ1) is 24.3. The van der Waals surface area contributed by atoms with Crippen molar-refractivity contribution in [2.75, 3.05) is 4.90 Å². The van der Waals surface area contributed by atoms with E-state index in [1.807, 2.05) is 11.3 Å². The van der Waals surface area contributed by atoms with Crippen molar-refractivity contribution in [2.24, 2.45) is 0 Å². The number of fused-ring (bicyclic) bond motifs is 9. The lowest BCUT2D eigenvalue weighted by Crippen LogP contribution is -2.21. The van der Waals surface area contributed by atoms with Gasteiger partial charge in [-0.15, -0.1) is 11.3 Å². The second-order valence-electron chi connectivity index (χ2n) is 14.9. The first-order valence-corrected chi connectivity index (χ1v) is 18.4. The SMILES string of the molecule is CC1(C)c2ccccc2-c2cc(N(c3ccccc3-c3ccc4sc5ccccc5c4c3)c3cccc4c3C(C)(C)c3ccccc3-4)ccc21. The Morgan fingerprint density at radius 1 is 0.420 bits per heavy atom. The molecule has 240 valence electrons. The average molecular weight is 660 g/mol. The van der Waals surface area contributed by atoms with Gasteiger partial charge in [-0.2, -0.15) is 0 Å². The van der Waals surface area contributed by atoms with Crippen LogP contribution in [0.5, 0.6) is 0 Å². The standard InChI is InChI=1S/C48H37NS/c1-47(2)39-19-9-6-16-34(39)37-29-31(25-26-41(37)47)49(43-22-13-18-36-33-15-5-10-20-40(33)48(3,4)46(36)43)42-21-11-7-14-32(42)30-24-27-45-38(28-30)35-17-8-12-23-44(35)50-45/h5-29H,1-4H3. The van der Waals surface area contributed by atoms with Gasteiger partial charge >= 0.3 is 0 Å². The van der Waals surface area contributed by atoms with Crippen LogP contribution in [0.3, 0.4) is 0 Å². The van der Waals surface area contributed by atoms with E-state index >= 15 is 0 Å². The number of para-hydroxylation sites is 1. The number of rotatable bonds is 4. The Bertz CT molecular complexity index is 2670. The van der Waals surface area contributed by atoms with E-state index in [9.17, 15) is 0 Å². The van der Waals surface area contributed by atoms with Crippen LogP contribution < -0.4 is 4.90 Å². The first kappa shape index (κ1) is 29.5. The maximum atomic E-state index is 2.55. The minimum absolute atomic E-state index is 0.0520. The quantitative estimate of drug-likeness (QED) is 0.182. The number of anilines is 3. The van der Waals surface area contributed by atoms with E-state index in [1.54, 1.807) is 0 Å². The average Bonchev–Trinajstić information content (AvgIpc) is 3.72. The molecule has 0 spiro atoms. The zero-order valence-electron chi connectivity index (χ0n) is 28.8. The third-order valence-electron chi connectivity index (χ3n) is 11.5. The molecule has 8 aromatic rings. The topological polar surface area (TPSA) is 3.24 Å². The zero-order valence-corrected chi connectivity index (χ0v) is 29.6. The van der Waals surface area contributed by atoms with Crippen LogP contribution in [0.1, 0.15) is 49.9 Å². The number of hydrogen-bond donors (Lipinski definition) is 0. The molecule has 0 N–H and O–H groups in total. The van der Waals surface area contributed by atoms with E-state index in [0.29, 0.717) is 0 Å². The number of hydrogen-bond acceptors (Lipinski definition) is 2. The van der Waals surface area contributed by atoms with Gasteiger partial charge < -0.3 is 4.90 Å². The first-order valence-electron chi connectivity index (χ1n) is 17.6. The molecule has 1 heterocycles. The molecule has 0 fully saturated rings. The van der Waals surface area contributed by atoms with E-state index < -0.39 is 0 Å². The van der Waals surface area contributed by atoms with E-state index in [-0.39, 0.29) is 10.8 Å². The van der Waals surface area contributed by atoms with Crippen LogP contribution in [-0.2, 0) is 10.8 Å². The molecule has 10 rings (SSSR count). The van der Waals surface area contributed by atoms with E-state index in [0.717, 1.165) is 0 Å². The molecule has 0 radical (unpaired) electrons. The van der Waals surface area contributed by atoms with E-state index in [2.05, 4.69) is 184 Å². The van der Waals surface area contributed by atoms with Gasteiger partial charge in [-0.05, 0) is 92.5 Å². The molecular formula is C48H37NS. The predicted octanol–water partition coefficient (Wildman–Crippen LogP) is 13.8. The van der Waals surface area contributed by atoms with Crippen molar-refractivity contribution < 1.29 is 0 Å². The van der Waals surface area contributed by atoms with Gasteiger partial charge in [-0.3, -0.25) is 0 Å². The van der Waals surface area contributed by atoms with Crippen LogP contribution in [0.25, 0.3) is 53.6 Å². The lowest BCUT2D eigenvalue weighted by Gasteiger charge is -2.34. The fraction of sp³-hybridized carbons (Fsp3) is 0.125. The second kappa shape index (κ2) is 10.5. The summed E-state index contributed by atoms with van der Waals surface area (Å²) in [5, 5.41) is 2.64. The molecule has 50 heavy (non-hydrogen) atoms. The summed E-state index contributed by atoms with van der Waals surface area (Å²) < 4.78 is 2.65. The van der Waals surface area contributed by atoms with Gasteiger partial charge in [0.05, 0.1) is 11.4 Å². The lowest BCUT2D eigenvalue weighted by atomic mass is 9.81. The van der Waals surface area contributed by atoms with Crippen molar-refractivity contribution in [1.82, 2.24) is 0 Å². The van der Waals surface area contributed by atoms with Gasteiger partial charge in [0.1, 0.15) is 0 Å². The number of benzene rings is 7. The molecule has 0 aliphatic heterocycles. The Hall–Kier alpha value is -5.44. The minimum atomic E-state index is -0.171. The highest BCUT2D eigenvalue weighted by Crippen LogP contribution is 2.56. The van der Waals surface area contributed by atoms with Crippen LogP contribution in [0.2, 0.25) is 0 Å². The van der Waals surface area contributed by atoms with E-state index in [1.165, 1.54) is 92.9 Å². The van der Waals surface area contributed by atoms with Gasteiger partial charge in [0, 0.05) is 42.3 Å². The molecule has 1 aromatic heterocycles. The molecule has 0 saturated heterocycles. The molecular weight excluding hydrogens is 623 g/mol. The minimum Gasteiger partial charge on any atom is -0.310 e. The fourth-order valence-corrected chi connectivity index (χ4v) is 10.2. The highest BCUT2D eigenvalue weighted by molar-refractivity contribution is 7.25. The molecule has 2 aliphatic carbocycles. The summed E-state index contributed by atoms with van der Waals surface area (Å²) in [6.45, 7) is 9.50. The van der Waals surface area contributed by atoms with Crippen molar-refractivity contribution in [3.05, 3.63) is 174 Å². The third kappa shape index (κ3) is 4.06. The summed E-state index contributed by atoms with van der Waals surface area (Å²) in [6, 6.07) is 56.8. The summed E-state index contributed by atoms with van der Waals surface area (Å²) in [5.41, 5.74) is 16.7. The molecule has 0 unspecified atom stereocenters. The molecule has 0 atom stereocenters. The molecule has 2 heteroatoms. The summed E-state index contributed by atoms with van der Waals surface area (Å²) in [4.78, 5) is 2.55. The van der Waals surface area contributed by atoms with Crippen molar-refractivity contribution in [3.8, 4) is 33.4 Å². The summed E-state index contributed by atoms with van der Waals surface area (Å²) in [7, 11) is 0. The summed E-state index contributed by atoms with van der Waals surface area (Å²) in [5.74, 6) is 0. The highest BCUT2D eigenvalue weighted by Gasteiger charge is 2.40. The van der Waals surface area contributed by atoms with E-state index in [4.69, 9.17) is 0 Å². The van der Waals surface area contributed by atoms with Crippen LogP contribution in [0, 0.1) is 0 Å². The molecule has 0 saturated carbocycles. The predicted molar refractivity (Wildman–Crippen MR) is 215 cm³/mol. The van der Waals surface area contributed by atoms with Crippen molar-refractivity contribution >= 4 is 48.6 Å². The summed E-state index contributed by atoms with van der Waals surface area (Å²) >= 11 is 1.87. The number of thiophene rings is 1. The molecule has 2 aliphatic rings. The lowest BCUT2D eigenvalue weighted by molar-refractivity contribution is 0.660. The van der Waals surface area contributed by atoms with Gasteiger partial charge in [0.2, 0.25) is 0 Å². The smallest absolute Gasteiger partial charge is 0.0540 e. The van der Waals surface area contributed by atoms with Crippen molar-refractivity contribution in [2.45, 2.75) is 38.5 Å².